The number of nitrogens with one attached hydrogen (secondary N) is 2. The highest BCUT2D eigenvalue weighted by atomic mass is 31.0. The number of piperidine rings is 2. The fraction of sp³-hybridized carbons (Fsp3) is 0.818. The molecular weight excluding hydrogens is 351 g/mol. The van der Waals surface area contributed by atoms with Crippen LogP contribution in [0.15, 0.2) is 24.8 Å². The van der Waals surface area contributed by atoms with Gasteiger partial charge in [-0.1, -0.05) is 18.2 Å². The zero-order valence-corrected chi connectivity index (χ0v) is 18.3. The van der Waals surface area contributed by atoms with Gasteiger partial charge in [-0.3, -0.25) is 10.2 Å². The molecule has 0 radical (unpaired) electrons. The molecular formula is C22H41N4P. The van der Waals surface area contributed by atoms with Gasteiger partial charge in [0.25, 0.3) is 0 Å². The van der Waals surface area contributed by atoms with Crippen molar-refractivity contribution >= 4 is 9.24 Å². The van der Waals surface area contributed by atoms with Gasteiger partial charge in [0.1, 0.15) is 0 Å². The molecule has 3 rings (SSSR count). The van der Waals surface area contributed by atoms with Gasteiger partial charge in [0, 0.05) is 23.8 Å². The Kier molecular flexibility index (Phi) is 8.35. The summed E-state index contributed by atoms with van der Waals surface area (Å²) >= 11 is 0. The van der Waals surface area contributed by atoms with Crippen LogP contribution in [0.1, 0.15) is 51.9 Å². The lowest BCUT2D eigenvalue weighted by Crippen LogP contribution is -2.57. The van der Waals surface area contributed by atoms with Crippen LogP contribution in [0.2, 0.25) is 0 Å². The summed E-state index contributed by atoms with van der Waals surface area (Å²) in [6.45, 7) is 9.77. The fourth-order valence-corrected chi connectivity index (χ4v) is 5.74. The molecule has 5 heteroatoms. The first-order valence-electron chi connectivity index (χ1n) is 11.1. The van der Waals surface area contributed by atoms with Gasteiger partial charge in [0.2, 0.25) is 0 Å². The van der Waals surface area contributed by atoms with E-state index in [-0.39, 0.29) is 6.04 Å². The molecule has 2 heterocycles. The summed E-state index contributed by atoms with van der Waals surface area (Å²) in [5, 5.41) is 7.76. The summed E-state index contributed by atoms with van der Waals surface area (Å²) in [7, 11) is 3.00. The summed E-state index contributed by atoms with van der Waals surface area (Å²) < 4.78 is 0. The molecule has 0 aromatic rings. The summed E-state index contributed by atoms with van der Waals surface area (Å²) in [5.74, 6) is 1.44. The first kappa shape index (κ1) is 21.5. The van der Waals surface area contributed by atoms with E-state index in [1.807, 2.05) is 0 Å². The lowest BCUT2D eigenvalue weighted by Gasteiger charge is -2.45. The third-order valence-electron chi connectivity index (χ3n) is 6.85. The molecule has 2 aliphatic heterocycles. The fourth-order valence-electron chi connectivity index (χ4n) is 5.28. The van der Waals surface area contributed by atoms with Crippen LogP contribution < -0.4 is 16.4 Å². The Morgan fingerprint density at radius 2 is 2.11 bits per heavy atom. The smallest absolute Gasteiger partial charge is 0.0614 e. The maximum absolute atomic E-state index is 6.21. The van der Waals surface area contributed by atoms with E-state index >= 15 is 0 Å². The van der Waals surface area contributed by atoms with E-state index < -0.39 is 0 Å². The van der Waals surface area contributed by atoms with Crippen LogP contribution in [0.25, 0.3) is 0 Å². The zero-order chi connectivity index (χ0) is 19.2. The number of rotatable bonds is 7. The third-order valence-corrected chi connectivity index (χ3v) is 7.54. The summed E-state index contributed by atoms with van der Waals surface area (Å²) in [4.78, 5) is 2.67. The minimum atomic E-state index is 0.229. The van der Waals surface area contributed by atoms with Gasteiger partial charge in [0.15, 0.2) is 0 Å². The lowest BCUT2D eigenvalue weighted by atomic mass is 9.78. The van der Waals surface area contributed by atoms with Crippen molar-refractivity contribution in [3.8, 4) is 0 Å². The van der Waals surface area contributed by atoms with Crippen molar-refractivity contribution in [2.45, 2.75) is 81.8 Å². The molecule has 0 bridgehead atoms. The standard InChI is InChI=1S/C22H41N4P/c1-3-17-7-6-12-24-22(17)18-10-13-26(14-11-18)21(15-16(2)23)25-19-8-4-5-9-20(19)27/h3,5,9,16-22,24-25H,1,4,6-8,10-15,23,27H2,2H3. The van der Waals surface area contributed by atoms with Gasteiger partial charge in [-0.25, -0.2) is 0 Å². The molecule has 4 nitrogen and oxygen atoms in total. The minimum Gasteiger partial charge on any atom is -0.328 e. The van der Waals surface area contributed by atoms with Crippen molar-refractivity contribution in [1.29, 1.82) is 0 Å². The molecule has 0 aromatic carbocycles. The molecule has 2 saturated heterocycles. The van der Waals surface area contributed by atoms with E-state index in [0.29, 0.717) is 29.8 Å². The predicted octanol–water partition coefficient (Wildman–Crippen LogP) is 2.87. The topological polar surface area (TPSA) is 53.3 Å². The Labute approximate surface area is 169 Å². The Hall–Kier alpha value is -0.250. The second-order valence-corrected chi connectivity index (χ2v) is 9.75. The Bertz CT molecular complexity index is 487. The van der Waals surface area contributed by atoms with Gasteiger partial charge in [0.05, 0.1) is 6.17 Å². The van der Waals surface area contributed by atoms with Crippen molar-refractivity contribution < 1.29 is 0 Å². The number of likely N-dealkylation sites (tertiary alicyclic amines) is 1. The van der Waals surface area contributed by atoms with Crippen molar-refractivity contribution in [2.75, 3.05) is 19.6 Å². The SMILES string of the molecule is C=CC1CCCNC1C1CCN(C(CC(C)N)NC2CCC=CC2P)CC1. The molecule has 3 aliphatic rings. The van der Waals surface area contributed by atoms with E-state index in [0.717, 1.165) is 12.3 Å². The first-order chi connectivity index (χ1) is 13.1. The van der Waals surface area contributed by atoms with Gasteiger partial charge in [-0.05, 0) is 83.3 Å². The molecule has 0 spiro atoms. The molecule has 154 valence electrons. The second-order valence-electron chi connectivity index (χ2n) is 8.98. The highest BCUT2D eigenvalue weighted by molar-refractivity contribution is 7.18. The number of nitrogens with two attached hydrogens (primary N) is 1. The van der Waals surface area contributed by atoms with Crippen LogP contribution in [-0.2, 0) is 0 Å². The Morgan fingerprint density at radius 3 is 2.78 bits per heavy atom. The molecule has 0 saturated carbocycles. The summed E-state index contributed by atoms with van der Waals surface area (Å²) in [6, 6.07) is 1.41. The van der Waals surface area contributed by atoms with Crippen LogP contribution in [0.5, 0.6) is 0 Å². The summed E-state index contributed by atoms with van der Waals surface area (Å²) in [6.07, 6.45) is 15.9. The van der Waals surface area contributed by atoms with Crippen molar-refractivity contribution in [1.82, 2.24) is 15.5 Å². The van der Waals surface area contributed by atoms with Crippen LogP contribution >= 0.6 is 9.24 Å². The predicted molar refractivity (Wildman–Crippen MR) is 120 cm³/mol. The lowest BCUT2D eigenvalue weighted by molar-refractivity contribution is 0.0718. The zero-order valence-electron chi connectivity index (χ0n) is 17.2. The molecule has 7 unspecified atom stereocenters. The van der Waals surface area contributed by atoms with Crippen LogP contribution in [0.4, 0.5) is 0 Å². The van der Waals surface area contributed by atoms with Gasteiger partial charge in [-0.15, -0.1) is 15.8 Å². The van der Waals surface area contributed by atoms with E-state index in [1.165, 1.54) is 58.2 Å². The minimum absolute atomic E-state index is 0.229. The highest BCUT2D eigenvalue weighted by Gasteiger charge is 2.34. The van der Waals surface area contributed by atoms with E-state index in [4.69, 9.17) is 5.73 Å². The monoisotopic (exact) mass is 392 g/mol. The molecule has 1 aliphatic carbocycles. The number of allylic oxidation sites excluding steroid dienone is 1. The maximum atomic E-state index is 6.21. The second kappa shape index (κ2) is 10.5. The number of nitrogens with zero attached hydrogens (tertiary/aromatic N) is 1. The largest absolute Gasteiger partial charge is 0.328 e. The molecule has 27 heavy (non-hydrogen) atoms. The normalized spacial score (nSPS) is 35.7. The van der Waals surface area contributed by atoms with Crippen LogP contribution in [0.3, 0.4) is 0 Å². The van der Waals surface area contributed by atoms with Gasteiger partial charge < -0.3 is 11.1 Å². The number of hydrogen-bond donors (Lipinski definition) is 3. The van der Waals surface area contributed by atoms with Crippen LogP contribution in [-0.4, -0.2) is 54.5 Å². The molecule has 0 amide bonds. The summed E-state index contributed by atoms with van der Waals surface area (Å²) in [5.41, 5.74) is 6.75. The van der Waals surface area contributed by atoms with Crippen molar-refractivity contribution in [2.24, 2.45) is 17.6 Å². The van der Waals surface area contributed by atoms with E-state index in [1.54, 1.807) is 0 Å². The van der Waals surface area contributed by atoms with E-state index in [2.05, 4.69) is 56.5 Å². The van der Waals surface area contributed by atoms with Crippen molar-refractivity contribution in [3.63, 3.8) is 0 Å². The third kappa shape index (κ3) is 5.87. The maximum Gasteiger partial charge on any atom is 0.0614 e. The first-order valence-corrected chi connectivity index (χ1v) is 11.8. The Balaban J connectivity index is 1.57. The highest BCUT2D eigenvalue weighted by Crippen LogP contribution is 2.31. The average molecular weight is 393 g/mol. The number of hydrogen-bond acceptors (Lipinski definition) is 4. The molecule has 7 atom stereocenters. The molecule has 0 aromatic heterocycles. The average Bonchev–Trinajstić information content (AvgIpc) is 2.69. The van der Waals surface area contributed by atoms with E-state index in [9.17, 15) is 0 Å². The molecule has 2 fully saturated rings. The quantitative estimate of drug-likeness (QED) is 0.461. The van der Waals surface area contributed by atoms with Crippen molar-refractivity contribution in [3.05, 3.63) is 24.8 Å². The van der Waals surface area contributed by atoms with Gasteiger partial charge in [-0.2, -0.15) is 0 Å². The Morgan fingerprint density at radius 1 is 1.33 bits per heavy atom. The van der Waals surface area contributed by atoms with Gasteiger partial charge >= 0.3 is 0 Å². The van der Waals surface area contributed by atoms with Crippen LogP contribution in [0, 0.1) is 11.8 Å². The molecule has 4 N–H and O–H groups in total.